The summed E-state index contributed by atoms with van der Waals surface area (Å²) in [7, 11) is 1.60. The Morgan fingerprint density at radius 3 is 2.90 bits per heavy atom. The van der Waals surface area contributed by atoms with Crippen LogP contribution in [-0.2, 0) is 30.8 Å². The van der Waals surface area contributed by atoms with E-state index < -0.39 is 0 Å². The van der Waals surface area contributed by atoms with Gasteiger partial charge in [0, 0.05) is 19.5 Å². The van der Waals surface area contributed by atoms with Crippen LogP contribution in [0.2, 0.25) is 0 Å². The van der Waals surface area contributed by atoms with Crippen LogP contribution >= 0.6 is 0 Å². The minimum absolute atomic E-state index is 0.0752. The van der Waals surface area contributed by atoms with Crippen LogP contribution in [0.15, 0.2) is 23.0 Å². The molecule has 0 aliphatic carbocycles. The lowest BCUT2D eigenvalue weighted by atomic mass is 10.2. The van der Waals surface area contributed by atoms with Gasteiger partial charge in [0.1, 0.15) is 12.4 Å². The highest BCUT2D eigenvalue weighted by Crippen LogP contribution is 2.28. The zero-order chi connectivity index (χ0) is 20.6. The maximum absolute atomic E-state index is 12.5. The summed E-state index contributed by atoms with van der Waals surface area (Å²) in [5.41, 5.74) is 0.693. The minimum atomic E-state index is -0.248. The molecule has 8 heteroatoms. The summed E-state index contributed by atoms with van der Waals surface area (Å²) in [4.78, 5) is 24.8. The molecule has 0 unspecified atom stereocenters. The van der Waals surface area contributed by atoms with Crippen molar-refractivity contribution >= 4 is 5.91 Å². The van der Waals surface area contributed by atoms with Crippen LogP contribution in [0, 0.1) is 0 Å². The molecule has 0 bridgehead atoms. The summed E-state index contributed by atoms with van der Waals surface area (Å²) < 4.78 is 14.1. The number of methoxy groups -OCH3 is 1. The molecule has 0 radical (unpaired) electrons. The quantitative estimate of drug-likeness (QED) is 0.650. The maximum atomic E-state index is 12.5. The number of benzene rings is 1. The van der Waals surface area contributed by atoms with Gasteiger partial charge in [0.05, 0.1) is 13.7 Å². The Morgan fingerprint density at radius 2 is 2.10 bits per heavy atom. The largest absolute Gasteiger partial charge is 0.493 e. The first-order valence-electron chi connectivity index (χ1n) is 10.3. The van der Waals surface area contributed by atoms with E-state index in [1.54, 1.807) is 11.7 Å². The lowest BCUT2D eigenvalue weighted by Gasteiger charge is -2.12. The smallest absolute Gasteiger partial charge is 0.346 e. The number of hydrogen-bond donors (Lipinski definition) is 1. The number of nitrogens with zero attached hydrogens (tertiary/aromatic N) is 3. The molecule has 8 nitrogen and oxygen atoms in total. The first-order chi connectivity index (χ1) is 14.1. The van der Waals surface area contributed by atoms with Crippen molar-refractivity contribution in [2.45, 2.75) is 65.1 Å². The van der Waals surface area contributed by atoms with Gasteiger partial charge in [-0.05, 0) is 37.0 Å². The number of ether oxygens (including phenoxy) is 2. The molecule has 1 aliphatic heterocycles. The van der Waals surface area contributed by atoms with E-state index in [1.807, 2.05) is 18.2 Å². The van der Waals surface area contributed by atoms with Gasteiger partial charge >= 0.3 is 5.69 Å². The van der Waals surface area contributed by atoms with Crippen molar-refractivity contribution in [3.8, 4) is 11.5 Å². The number of carbonyl (C=O) groups excluding carboxylic acids is 1. The van der Waals surface area contributed by atoms with Crippen LogP contribution in [-0.4, -0.2) is 34.0 Å². The Balaban J connectivity index is 1.57. The van der Waals surface area contributed by atoms with E-state index in [0.717, 1.165) is 49.9 Å². The van der Waals surface area contributed by atoms with E-state index in [4.69, 9.17) is 9.47 Å². The van der Waals surface area contributed by atoms with Gasteiger partial charge in [0.2, 0.25) is 5.91 Å². The summed E-state index contributed by atoms with van der Waals surface area (Å²) in [6.45, 7) is 3.70. The van der Waals surface area contributed by atoms with Gasteiger partial charge in [-0.25, -0.2) is 9.48 Å². The van der Waals surface area contributed by atoms with Gasteiger partial charge in [0.25, 0.3) is 0 Å². The molecule has 1 aliphatic rings. The number of unbranched alkanes of at least 4 members (excludes halogenated alkanes) is 1. The monoisotopic (exact) mass is 402 g/mol. The third-order valence-electron chi connectivity index (χ3n) is 5.05. The number of hydrogen-bond acceptors (Lipinski definition) is 5. The summed E-state index contributed by atoms with van der Waals surface area (Å²) in [5, 5.41) is 7.20. The SMILES string of the molecule is CCCCOc1ccc(CNC(=O)Cn2nc3n(c2=O)CCCCC3)cc1OC. The van der Waals surface area contributed by atoms with E-state index >= 15 is 0 Å². The summed E-state index contributed by atoms with van der Waals surface area (Å²) in [6.07, 6.45) is 5.95. The Labute approximate surface area is 170 Å². The predicted molar refractivity (Wildman–Crippen MR) is 109 cm³/mol. The van der Waals surface area contributed by atoms with Crippen LogP contribution in [0.1, 0.15) is 50.4 Å². The zero-order valence-electron chi connectivity index (χ0n) is 17.3. The lowest BCUT2D eigenvalue weighted by molar-refractivity contribution is -0.122. The molecule has 1 aromatic heterocycles. The maximum Gasteiger partial charge on any atom is 0.346 e. The molecule has 2 heterocycles. The third kappa shape index (κ3) is 5.40. The topological polar surface area (TPSA) is 87.4 Å². The average Bonchev–Trinajstić information content (AvgIpc) is 2.88. The number of aromatic nitrogens is 3. The fraction of sp³-hybridized carbons (Fsp3) is 0.571. The second-order valence-corrected chi connectivity index (χ2v) is 7.28. The number of fused-ring (bicyclic) bond motifs is 1. The van der Waals surface area contributed by atoms with E-state index in [1.165, 1.54) is 4.68 Å². The molecule has 29 heavy (non-hydrogen) atoms. The van der Waals surface area contributed by atoms with Crippen molar-refractivity contribution in [2.75, 3.05) is 13.7 Å². The highest BCUT2D eigenvalue weighted by Gasteiger charge is 2.17. The number of rotatable bonds is 9. The van der Waals surface area contributed by atoms with Crippen molar-refractivity contribution < 1.29 is 14.3 Å². The number of carbonyl (C=O) groups is 1. The number of nitrogens with one attached hydrogen (secondary N) is 1. The highest BCUT2D eigenvalue weighted by molar-refractivity contribution is 5.75. The predicted octanol–water partition coefficient (Wildman–Crippen LogP) is 2.28. The van der Waals surface area contributed by atoms with Gasteiger partial charge in [-0.2, -0.15) is 5.10 Å². The van der Waals surface area contributed by atoms with Crippen molar-refractivity contribution in [3.05, 3.63) is 40.1 Å². The van der Waals surface area contributed by atoms with Crippen molar-refractivity contribution in [3.63, 3.8) is 0 Å². The molecule has 0 saturated carbocycles. The van der Waals surface area contributed by atoms with Crippen molar-refractivity contribution in [2.24, 2.45) is 0 Å². The third-order valence-corrected chi connectivity index (χ3v) is 5.05. The standard InChI is InChI=1S/C21H30N4O4/c1-3-4-12-29-17-10-9-16(13-18(17)28-2)14-22-20(26)15-25-21(27)24-11-7-5-6-8-19(24)23-25/h9-10,13H,3-8,11-12,14-15H2,1-2H3,(H,22,26). The van der Waals surface area contributed by atoms with Gasteiger partial charge in [-0.15, -0.1) is 0 Å². The molecule has 0 atom stereocenters. The fourth-order valence-corrected chi connectivity index (χ4v) is 3.39. The van der Waals surface area contributed by atoms with Crippen LogP contribution < -0.4 is 20.5 Å². The van der Waals surface area contributed by atoms with Gasteiger partial charge < -0.3 is 14.8 Å². The molecule has 0 saturated heterocycles. The number of amides is 1. The first kappa shape index (κ1) is 21.0. The molecule has 3 rings (SSSR count). The average molecular weight is 402 g/mol. The summed E-state index contributed by atoms with van der Waals surface area (Å²) >= 11 is 0. The molecule has 1 N–H and O–H groups in total. The van der Waals surface area contributed by atoms with Gasteiger partial charge in [-0.1, -0.05) is 25.8 Å². The fourth-order valence-electron chi connectivity index (χ4n) is 3.39. The molecule has 1 aromatic carbocycles. The normalized spacial score (nSPS) is 13.4. The van der Waals surface area contributed by atoms with Gasteiger partial charge in [0.15, 0.2) is 11.5 Å². The van der Waals surface area contributed by atoms with Crippen molar-refractivity contribution in [1.82, 2.24) is 19.7 Å². The Bertz CT molecular complexity index is 887. The van der Waals surface area contributed by atoms with Crippen LogP contribution in [0.3, 0.4) is 0 Å². The molecular formula is C21H30N4O4. The van der Waals surface area contributed by atoms with E-state index in [-0.39, 0.29) is 18.1 Å². The van der Waals surface area contributed by atoms with E-state index in [0.29, 0.717) is 31.2 Å². The second kappa shape index (κ2) is 10.1. The van der Waals surface area contributed by atoms with Crippen molar-refractivity contribution in [1.29, 1.82) is 0 Å². The molecule has 0 spiro atoms. The molecule has 2 aromatic rings. The molecule has 158 valence electrons. The van der Waals surface area contributed by atoms with Crippen LogP contribution in [0.4, 0.5) is 0 Å². The van der Waals surface area contributed by atoms with Gasteiger partial charge in [-0.3, -0.25) is 9.36 Å². The Morgan fingerprint density at radius 1 is 1.24 bits per heavy atom. The Hall–Kier alpha value is -2.77. The van der Waals surface area contributed by atoms with E-state index in [2.05, 4.69) is 17.3 Å². The molecule has 1 amide bonds. The van der Waals surface area contributed by atoms with Crippen LogP contribution in [0.5, 0.6) is 11.5 Å². The zero-order valence-corrected chi connectivity index (χ0v) is 17.3. The number of aryl methyl sites for hydroxylation is 1. The van der Waals surface area contributed by atoms with Crippen LogP contribution in [0.25, 0.3) is 0 Å². The lowest BCUT2D eigenvalue weighted by Crippen LogP contribution is -2.33. The second-order valence-electron chi connectivity index (χ2n) is 7.28. The molecule has 0 fully saturated rings. The first-order valence-corrected chi connectivity index (χ1v) is 10.3. The minimum Gasteiger partial charge on any atom is -0.493 e. The summed E-state index contributed by atoms with van der Waals surface area (Å²) in [6, 6.07) is 5.61. The molecular weight excluding hydrogens is 372 g/mol. The summed E-state index contributed by atoms with van der Waals surface area (Å²) in [5.74, 6) is 1.87. The Kier molecular flexibility index (Phi) is 7.32. The highest BCUT2D eigenvalue weighted by atomic mass is 16.5. The van der Waals surface area contributed by atoms with E-state index in [9.17, 15) is 9.59 Å².